The van der Waals surface area contributed by atoms with Crippen molar-refractivity contribution in [1.29, 1.82) is 0 Å². The predicted molar refractivity (Wildman–Crippen MR) is 70.6 cm³/mol. The Morgan fingerprint density at radius 1 is 1.35 bits per heavy atom. The summed E-state index contributed by atoms with van der Waals surface area (Å²) >= 11 is 0. The lowest BCUT2D eigenvalue weighted by Crippen LogP contribution is -2.32. The fraction of sp³-hybridized carbons (Fsp3) is 0.462. The third-order valence-electron chi connectivity index (χ3n) is 3.83. The molecule has 1 saturated carbocycles. The first-order chi connectivity index (χ1) is 9.58. The maximum absolute atomic E-state index is 12.0. The molecule has 0 amide bonds. The van der Waals surface area contributed by atoms with Gasteiger partial charge in [-0.15, -0.1) is 0 Å². The second-order valence-corrected chi connectivity index (χ2v) is 5.07. The molecule has 1 N–H and O–H groups in total. The van der Waals surface area contributed by atoms with Crippen LogP contribution in [0.3, 0.4) is 0 Å². The number of nitro benzene ring substituents is 1. The molecule has 1 aliphatic rings. The van der Waals surface area contributed by atoms with Crippen LogP contribution in [0.1, 0.15) is 31.7 Å². The normalized spacial score (nSPS) is 23.1. The molecule has 7 nitrogen and oxygen atoms in total. The number of rotatable bonds is 2. The van der Waals surface area contributed by atoms with Gasteiger partial charge in [-0.25, -0.2) is 4.79 Å². The quantitative estimate of drug-likeness (QED) is 0.669. The van der Waals surface area contributed by atoms with Crippen molar-refractivity contribution in [1.82, 2.24) is 4.57 Å². The third kappa shape index (κ3) is 2.00. The Labute approximate surface area is 113 Å². The van der Waals surface area contributed by atoms with E-state index in [0.29, 0.717) is 23.9 Å². The van der Waals surface area contributed by atoms with Crippen LogP contribution in [-0.4, -0.2) is 20.7 Å². The van der Waals surface area contributed by atoms with Crippen molar-refractivity contribution in [2.75, 3.05) is 0 Å². The molecular formula is C13H14N2O5. The van der Waals surface area contributed by atoms with Crippen LogP contribution in [0.15, 0.2) is 27.4 Å². The molecule has 2 atom stereocenters. The fourth-order valence-electron chi connectivity index (χ4n) is 2.84. The van der Waals surface area contributed by atoms with E-state index in [1.165, 1.54) is 22.8 Å². The van der Waals surface area contributed by atoms with Crippen LogP contribution >= 0.6 is 0 Å². The minimum Gasteiger partial charge on any atom is -0.408 e. The van der Waals surface area contributed by atoms with Crippen LogP contribution in [0.5, 0.6) is 0 Å². The van der Waals surface area contributed by atoms with Gasteiger partial charge in [-0.05, 0) is 18.9 Å². The molecule has 1 aromatic carbocycles. The van der Waals surface area contributed by atoms with Crippen LogP contribution in [0.2, 0.25) is 0 Å². The summed E-state index contributed by atoms with van der Waals surface area (Å²) in [6.07, 6.45) is 2.50. The van der Waals surface area contributed by atoms with E-state index >= 15 is 0 Å². The second-order valence-electron chi connectivity index (χ2n) is 5.07. The Hall–Kier alpha value is -2.15. The number of hydrogen-bond donors (Lipinski definition) is 1. The van der Waals surface area contributed by atoms with E-state index in [1.807, 2.05) is 0 Å². The number of aromatic nitrogens is 1. The highest BCUT2D eigenvalue weighted by Crippen LogP contribution is 2.31. The number of hydrogen-bond acceptors (Lipinski definition) is 5. The fourth-order valence-corrected chi connectivity index (χ4v) is 2.84. The second kappa shape index (κ2) is 4.75. The Morgan fingerprint density at radius 2 is 2.10 bits per heavy atom. The average Bonchev–Trinajstić information content (AvgIpc) is 2.74. The summed E-state index contributed by atoms with van der Waals surface area (Å²) in [5.74, 6) is -0.577. The van der Waals surface area contributed by atoms with Gasteiger partial charge in [0.05, 0.1) is 22.6 Å². The molecule has 1 fully saturated rings. The first-order valence-corrected chi connectivity index (χ1v) is 6.55. The van der Waals surface area contributed by atoms with E-state index in [0.717, 1.165) is 12.8 Å². The van der Waals surface area contributed by atoms with Crippen molar-refractivity contribution in [3.8, 4) is 0 Å². The molecule has 106 valence electrons. The predicted octanol–water partition coefficient (Wildman–Crippen LogP) is 1.98. The van der Waals surface area contributed by atoms with Crippen molar-refractivity contribution < 1.29 is 14.4 Å². The minimum atomic E-state index is -0.624. The molecule has 0 bridgehead atoms. The van der Waals surface area contributed by atoms with Gasteiger partial charge < -0.3 is 9.52 Å². The lowest BCUT2D eigenvalue weighted by Gasteiger charge is -2.27. The van der Waals surface area contributed by atoms with Crippen LogP contribution in [0, 0.1) is 10.1 Å². The number of nitro groups is 1. The first-order valence-electron chi connectivity index (χ1n) is 6.55. The summed E-state index contributed by atoms with van der Waals surface area (Å²) < 4.78 is 6.46. The van der Waals surface area contributed by atoms with Crippen molar-refractivity contribution in [3.63, 3.8) is 0 Å². The molecule has 0 radical (unpaired) electrons. The number of aliphatic hydroxyl groups is 1. The maximum Gasteiger partial charge on any atom is 0.420 e. The zero-order valence-corrected chi connectivity index (χ0v) is 10.7. The van der Waals surface area contributed by atoms with Crippen LogP contribution in [0.4, 0.5) is 5.69 Å². The summed E-state index contributed by atoms with van der Waals surface area (Å²) in [5.41, 5.74) is 0.575. The van der Waals surface area contributed by atoms with E-state index in [9.17, 15) is 20.0 Å². The zero-order valence-electron chi connectivity index (χ0n) is 10.7. The first kappa shape index (κ1) is 12.9. The summed E-state index contributed by atoms with van der Waals surface area (Å²) in [4.78, 5) is 22.3. The van der Waals surface area contributed by atoms with Crippen molar-refractivity contribution >= 4 is 16.8 Å². The molecule has 0 spiro atoms. The lowest BCUT2D eigenvalue weighted by atomic mass is 9.92. The van der Waals surface area contributed by atoms with Crippen molar-refractivity contribution in [2.24, 2.45) is 0 Å². The van der Waals surface area contributed by atoms with Crippen molar-refractivity contribution in [2.45, 2.75) is 37.8 Å². The van der Waals surface area contributed by atoms with E-state index in [2.05, 4.69) is 0 Å². The maximum atomic E-state index is 12.0. The molecular weight excluding hydrogens is 264 g/mol. The Kier molecular flexibility index (Phi) is 3.06. The summed E-state index contributed by atoms with van der Waals surface area (Å²) in [7, 11) is 0. The third-order valence-corrected chi connectivity index (χ3v) is 3.83. The highest BCUT2D eigenvalue weighted by Gasteiger charge is 2.28. The van der Waals surface area contributed by atoms with E-state index < -0.39 is 16.8 Å². The summed E-state index contributed by atoms with van der Waals surface area (Å²) in [6.45, 7) is 0. The van der Waals surface area contributed by atoms with Crippen molar-refractivity contribution in [3.05, 3.63) is 38.9 Å². The summed E-state index contributed by atoms with van der Waals surface area (Å²) in [6, 6.07) is 3.66. The van der Waals surface area contributed by atoms with Gasteiger partial charge in [0, 0.05) is 12.1 Å². The van der Waals surface area contributed by atoms with Gasteiger partial charge in [0.2, 0.25) is 0 Å². The average molecular weight is 278 g/mol. The standard InChI is InChI=1S/C13H14N2O5/c16-11-4-2-1-3-9(11)14-10-7-8(15(18)19)5-6-12(10)20-13(14)17/h5-7,9,11,16H,1-4H2. The molecule has 7 heteroatoms. The lowest BCUT2D eigenvalue weighted by molar-refractivity contribution is -0.384. The number of aliphatic hydroxyl groups excluding tert-OH is 1. The monoisotopic (exact) mass is 278 g/mol. The molecule has 1 aliphatic carbocycles. The molecule has 20 heavy (non-hydrogen) atoms. The number of benzene rings is 1. The van der Waals surface area contributed by atoms with Crippen LogP contribution in [0.25, 0.3) is 11.1 Å². The largest absolute Gasteiger partial charge is 0.420 e. The Bertz CT molecular complexity index is 717. The molecule has 1 aromatic heterocycles. The number of non-ortho nitro benzene ring substituents is 1. The van der Waals surface area contributed by atoms with Gasteiger partial charge in [0.15, 0.2) is 5.58 Å². The molecule has 2 aromatic rings. The zero-order chi connectivity index (χ0) is 14.3. The Morgan fingerprint density at radius 3 is 2.80 bits per heavy atom. The van der Waals surface area contributed by atoms with E-state index in [4.69, 9.17) is 4.42 Å². The highest BCUT2D eigenvalue weighted by atomic mass is 16.6. The minimum absolute atomic E-state index is 0.0997. The number of oxazole rings is 1. The van der Waals surface area contributed by atoms with E-state index in [-0.39, 0.29) is 11.7 Å². The topological polar surface area (TPSA) is 98.5 Å². The molecule has 1 heterocycles. The highest BCUT2D eigenvalue weighted by molar-refractivity contribution is 5.76. The van der Waals surface area contributed by atoms with Crippen LogP contribution in [-0.2, 0) is 0 Å². The Balaban J connectivity index is 2.18. The SMILES string of the molecule is O=c1oc2ccc([N+](=O)[O-])cc2n1C1CCCCC1O. The van der Waals surface area contributed by atoms with Gasteiger partial charge >= 0.3 is 5.76 Å². The molecule has 3 rings (SSSR count). The molecule has 0 saturated heterocycles. The van der Waals surface area contributed by atoms with Crippen LogP contribution < -0.4 is 5.76 Å². The number of nitrogens with zero attached hydrogens (tertiary/aromatic N) is 2. The van der Waals surface area contributed by atoms with Gasteiger partial charge in [0.25, 0.3) is 5.69 Å². The van der Waals surface area contributed by atoms with E-state index in [1.54, 1.807) is 0 Å². The van der Waals surface area contributed by atoms with Gasteiger partial charge in [-0.1, -0.05) is 12.8 Å². The smallest absolute Gasteiger partial charge is 0.408 e. The van der Waals surface area contributed by atoms with Gasteiger partial charge in [-0.2, -0.15) is 0 Å². The molecule has 2 unspecified atom stereocenters. The van der Waals surface area contributed by atoms with Gasteiger partial charge in [0.1, 0.15) is 0 Å². The number of fused-ring (bicyclic) bond motifs is 1. The molecule has 0 aliphatic heterocycles. The summed E-state index contributed by atoms with van der Waals surface area (Å²) in [5, 5.41) is 20.9. The van der Waals surface area contributed by atoms with Gasteiger partial charge in [-0.3, -0.25) is 14.7 Å².